The van der Waals surface area contributed by atoms with Crippen LogP contribution in [0.5, 0.6) is 0 Å². The summed E-state index contributed by atoms with van der Waals surface area (Å²) in [6.45, 7) is 7.16. The largest absolute Gasteiger partial charge is 0.353 e. The lowest BCUT2D eigenvalue weighted by Crippen LogP contribution is -2.51. The van der Waals surface area contributed by atoms with Crippen molar-refractivity contribution < 1.29 is 4.79 Å². The fraction of sp³-hybridized carbons (Fsp3) is 0.944. The molecule has 3 aliphatic rings. The minimum atomic E-state index is -0.240. The Balaban J connectivity index is 1.61. The summed E-state index contributed by atoms with van der Waals surface area (Å²) in [4.78, 5) is 12.5. The molecule has 3 saturated carbocycles. The molecule has 3 N–H and O–H groups in total. The first kappa shape index (κ1) is 15.3. The smallest absolute Gasteiger partial charge is 0.222 e. The van der Waals surface area contributed by atoms with Gasteiger partial charge in [-0.15, -0.1) is 0 Å². The van der Waals surface area contributed by atoms with E-state index in [1.54, 1.807) is 0 Å². The quantitative estimate of drug-likeness (QED) is 0.838. The summed E-state index contributed by atoms with van der Waals surface area (Å²) < 4.78 is 0. The van der Waals surface area contributed by atoms with Crippen LogP contribution in [0, 0.1) is 16.7 Å². The van der Waals surface area contributed by atoms with Crippen molar-refractivity contribution in [3.05, 3.63) is 0 Å². The Bertz CT molecular complexity index is 425. The van der Waals surface area contributed by atoms with Crippen molar-refractivity contribution in [1.29, 1.82) is 0 Å². The maximum absolute atomic E-state index is 12.5. The topological polar surface area (TPSA) is 55.1 Å². The lowest BCUT2D eigenvalue weighted by Gasteiger charge is -2.40. The number of hydrogen-bond acceptors (Lipinski definition) is 2. The molecule has 0 aromatic rings. The highest BCUT2D eigenvalue weighted by Crippen LogP contribution is 2.65. The Kier molecular flexibility index (Phi) is 3.63. The van der Waals surface area contributed by atoms with E-state index in [-0.39, 0.29) is 16.9 Å². The van der Waals surface area contributed by atoms with Gasteiger partial charge in [0.2, 0.25) is 5.91 Å². The van der Waals surface area contributed by atoms with Gasteiger partial charge >= 0.3 is 0 Å². The van der Waals surface area contributed by atoms with Gasteiger partial charge in [-0.05, 0) is 48.9 Å². The molecule has 0 saturated heterocycles. The summed E-state index contributed by atoms with van der Waals surface area (Å²) in [5.74, 6) is 0.961. The fourth-order valence-electron chi connectivity index (χ4n) is 5.42. The molecule has 0 aromatic heterocycles. The van der Waals surface area contributed by atoms with Crippen molar-refractivity contribution in [2.45, 2.75) is 90.1 Å². The second-order valence-corrected chi connectivity index (χ2v) is 8.83. The first-order chi connectivity index (χ1) is 9.77. The van der Waals surface area contributed by atoms with Crippen LogP contribution in [-0.4, -0.2) is 17.5 Å². The molecule has 3 fully saturated rings. The normalized spacial score (nSPS) is 40.2. The predicted molar refractivity (Wildman–Crippen MR) is 85.8 cm³/mol. The first-order valence-electron chi connectivity index (χ1n) is 8.85. The molecule has 3 heteroatoms. The van der Waals surface area contributed by atoms with E-state index >= 15 is 0 Å². The van der Waals surface area contributed by atoms with Gasteiger partial charge in [0.25, 0.3) is 0 Å². The third-order valence-electron chi connectivity index (χ3n) is 7.49. The van der Waals surface area contributed by atoms with Gasteiger partial charge in [0.1, 0.15) is 0 Å². The zero-order valence-corrected chi connectivity index (χ0v) is 14.0. The van der Waals surface area contributed by atoms with E-state index < -0.39 is 0 Å². The van der Waals surface area contributed by atoms with Gasteiger partial charge < -0.3 is 11.1 Å². The van der Waals surface area contributed by atoms with Crippen molar-refractivity contribution >= 4 is 5.91 Å². The van der Waals surface area contributed by atoms with Gasteiger partial charge in [0.15, 0.2) is 0 Å². The average molecular weight is 292 g/mol. The summed E-state index contributed by atoms with van der Waals surface area (Å²) in [6.07, 6.45) is 9.92. The van der Waals surface area contributed by atoms with Crippen LogP contribution in [0.2, 0.25) is 0 Å². The van der Waals surface area contributed by atoms with Crippen LogP contribution in [0.3, 0.4) is 0 Å². The van der Waals surface area contributed by atoms with Crippen LogP contribution >= 0.6 is 0 Å². The van der Waals surface area contributed by atoms with Crippen LogP contribution in [0.25, 0.3) is 0 Å². The van der Waals surface area contributed by atoms with E-state index in [4.69, 9.17) is 5.73 Å². The lowest BCUT2D eigenvalue weighted by molar-refractivity contribution is -0.124. The Labute approximate surface area is 129 Å². The molecule has 2 bridgehead atoms. The Hall–Kier alpha value is -0.570. The van der Waals surface area contributed by atoms with Gasteiger partial charge in [-0.3, -0.25) is 4.79 Å². The van der Waals surface area contributed by atoms with Crippen molar-refractivity contribution in [3.8, 4) is 0 Å². The summed E-state index contributed by atoms with van der Waals surface area (Å²) in [5.41, 5.74) is 6.82. The number of amides is 1. The number of nitrogens with two attached hydrogens (primary N) is 1. The van der Waals surface area contributed by atoms with Gasteiger partial charge in [0, 0.05) is 18.0 Å². The van der Waals surface area contributed by atoms with E-state index in [1.807, 2.05) is 0 Å². The van der Waals surface area contributed by atoms with Crippen molar-refractivity contribution in [2.75, 3.05) is 0 Å². The van der Waals surface area contributed by atoms with E-state index in [0.717, 1.165) is 25.2 Å². The molecular formula is C18H32N2O. The zero-order valence-electron chi connectivity index (χ0n) is 14.0. The third-order valence-corrected chi connectivity index (χ3v) is 7.49. The number of fused-ring (bicyclic) bond motifs is 2. The van der Waals surface area contributed by atoms with E-state index in [2.05, 4.69) is 26.1 Å². The Morgan fingerprint density at radius 3 is 2.33 bits per heavy atom. The highest BCUT2D eigenvalue weighted by atomic mass is 16.1. The lowest BCUT2D eigenvalue weighted by atomic mass is 9.69. The number of nitrogens with one attached hydrogen (secondary N) is 1. The number of hydrogen-bond donors (Lipinski definition) is 2. The third kappa shape index (κ3) is 2.42. The highest BCUT2D eigenvalue weighted by Gasteiger charge is 2.61. The van der Waals surface area contributed by atoms with E-state index in [0.29, 0.717) is 17.9 Å². The molecule has 0 heterocycles. The number of carbonyl (C=O) groups excluding carboxylic acids is 1. The molecule has 21 heavy (non-hydrogen) atoms. The molecule has 120 valence electrons. The molecule has 0 radical (unpaired) electrons. The molecular weight excluding hydrogens is 260 g/mol. The number of carbonyl (C=O) groups is 1. The summed E-state index contributed by atoms with van der Waals surface area (Å²) in [7, 11) is 0. The fourth-order valence-corrected chi connectivity index (χ4v) is 5.42. The van der Waals surface area contributed by atoms with Crippen molar-refractivity contribution in [2.24, 2.45) is 22.5 Å². The second kappa shape index (κ2) is 4.97. The monoisotopic (exact) mass is 292 g/mol. The molecule has 3 unspecified atom stereocenters. The number of rotatable bonds is 3. The maximum Gasteiger partial charge on any atom is 0.222 e. The molecule has 3 aliphatic carbocycles. The standard InChI is InChI=1S/C18H32N2O/c1-16(2)13-7-10-17(16,3)14(11-13)20-15(21)12-18(19)8-5-4-6-9-18/h13-14H,4-12,19H2,1-3H3,(H,20,21). The summed E-state index contributed by atoms with van der Waals surface area (Å²) in [5, 5.41) is 3.36. The van der Waals surface area contributed by atoms with E-state index in [1.165, 1.54) is 32.1 Å². The zero-order chi connectivity index (χ0) is 15.3. The van der Waals surface area contributed by atoms with Gasteiger partial charge in [-0.1, -0.05) is 40.0 Å². The second-order valence-electron chi connectivity index (χ2n) is 8.83. The Morgan fingerprint density at radius 1 is 1.14 bits per heavy atom. The van der Waals surface area contributed by atoms with Crippen LogP contribution in [0.1, 0.15) is 78.6 Å². The van der Waals surface area contributed by atoms with Gasteiger partial charge in [-0.25, -0.2) is 0 Å². The van der Waals surface area contributed by atoms with Crippen LogP contribution in [-0.2, 0) is 4.79 Å². The van der Waals surface area contributed by atoms with Crippen LogP contribution < -0.4 is 11.1 Å². The molecule has 1 amide bonds. The maximum atomic E-state index is 12.5. The molecule has 3 atom stereocenters. The minimum Gasteiger partial charge on any atom is -0.353 e. The van der Waals surface area contributed by atoms with Gasteiger partial charge in [-0.2, -0.15) is 0 Å². The molecule has 3 nitrogen and oxygen atoms in total. The van der Waals surface area contributed by atoms with Gasteiger partial charge in [0.05, 0.1) is 0 Å². The van der Waals surface area contributed by atoms with Crippen LogP contribution in [0.15, 0.2) is 0 Å². The minimum absolute atomic E-state index is 0.189. The molecule has 0 spiro atoms. The average Bonchev–Trinajstić information content (AvgIpc) is 2.72. The predicted octanol–water partition coefficient (Wildman–Crippen LogP) is 3.37. The van der Waals surface area contributed by atoms with Crippen molar-refractivity contribution in [3.63, 3.8) is 0 Å². The SMILES string of the molecule is CC1(C)C2CCC1(C)C(NC(=O)CC1(N)CCCCC1)C2. The molecule has 3 rings (SSSR count). The van der Waals surface area contributed by atoms with Crippen LogP contribution in [0.4, 0.5) is 0 Å². The summed E-state index contributed by atoms with van der Waals surface area (Å²) in [6, 6.07) is 0.353. The molecule has 0 aromatic carbocycles. The summed E-state index contributed by atoms with van der Waals surface area (Å²) >= 11 is 0. The first-order valence-corrected chi connectivity index (χ1v) is 8.85. The molecule has 0 aliphatic heterocycles. The Morgan fingerprint density at radius 2 is 1.81 bits per heavy atom. The van der Waals surface area contributed by atoms with Crippen molar-refractivity contribution in [1.82, 2.24) is 5.32 Å². The highest BCUT2D eigenvalue weighted by molar-refractivity contribution is 5.77. The van der Waals surface area contributed by atoms with E-state index in [9.17, 15) is 4.79 Å².